The molecular weight excluding hydrogens is 320 g/mol. The van der Waals surface area contributed by atoms with E-state index in [1.165, 1.54) is 0 Å². The number of rotatable bonds is 5. The molecule has 0 aliphatic carbocycles. The number of aryl methyl sites for hydroxylation is 1. The summed E-state index contributed by atoms with van der Waals surface area (Å²) < 4.78 is 2.14. The van der Waals surface area contributed by atoms with Gasteiger partial charge in [0.1, 0.15) is 5.82 Å². The topological polar surface area (TPSA) is 42.2 Å². The molecule has 4 nitrogen and oxygen atoms in total. The number of para-hydroxylation sites is 3. The van der Waals surface area contributed by atoms with Crippen LogP contribution in [0.15, 0.2) is 90.0 Å². The van der Waals surface area contributed by atoms with Crippen LogP contribution in [-0.2, 0) is 13.5 Å². The molecule has 0 saturated carbocycles. The highest BCUT2D eigenvalue weighted by molar-refractivity contribution is 6.02. The van der Waals surface area contributed by atoms with Crippen molar-refractivity contribution in [1.82, 2.24) is 9.55 Å². The maximum absolute atomic E-state index is 4.79. The van der Waals surface area contributed by atoms with E-state index < -0.39 is 0 Å². The van der Waals surface area contributed by atoms with Gasteiger partial charge in [0.25, 0.3) is 0 Å². The molecule has 0 fully saturated rings. The summed E-state index contributed by atoms with van der Waals surface area (Å²) in [7, 11) is 2.05. The van der Waals surface area contributed by atoms with Crippen LogP contribution in [-0.4, -0.2) is 15.3 Å². The normalized spacial score (nSPS) is 11.7. The van der Waals surface area contributed by atoms with Gasteiger partial charge in [-0.15, -0.1) is 0 Å². The van der Waals surface area contributed by atoms with Crippen LogP contribution < -0.4 is 5.43 Å². The summed E-state index contributed by atoms with van der Waals surface area (Å²) in [5, 5.41) is 4.68. The fraction of sp³-hybridized carbons (Fsp3) is 0.0909. The Hall–Kier alpha value is -3.40. The van der Waals surface area contributed by atoms with E-state index in [0.717, 1.165) is 33.8 Å². The first kappa shape index (κ1) is 16.1. The van der Waals surface area contributed by atoms with Crippen molar-refractivity contribution in [2.24, 2.45) is 12.1 Å². The second-order valence-electron chi connectivity index (χ2n) is 6.15. The Morgan fingerprint density at radius 2 is 1.54 bits per heavy atom. The van der Waals surface area contributed by atoms with Gasteiger partial charge in [0.05, 0.1) is 28.9 Å². The van der Waals surface area contributed by atoms with E-state index in [0.29, 0.717) is 6.42 Å². The third-order valence-corrected chi connectivity index (χ3v) is 4.41. The molecule has 0 aliphatic heterocycles. The van der Waals surface area contributed by atoms with Crippen LogP contribution in [0.4, 0.5) is 5.69 Å². The summed E-state index contributed by atoms with van der Waals surface area (Å²) in [6.07, 6.45) is 0.648. The molecule has 26 heavy (non-hydrogen) atoms. The molecule has 4 rings (SSSR count). The SMILES string of the molecule is Cn1c(C/C(=N\Nc2ccccc2)c2ccccc2)nc2ccccc21. The first-order valence-electron chi connectivity index (χ1n) is 8.64. The Morgan fingerprint density at radius 1 is 0.885 bits per heavy atom. The van der Waals surface area contributed by atoms with E-state index in [4.69, 9.17) is 4.98 Å². The van der Waals surface area contributed by atoms with Gasteiger partial charge in [-0.2, -0.15) is 5.10 Å². The number of hydrazone groups is 1. The second-order valence-corrected chi connectivity index (χ2v) is 6.15. The van der Waals surface area contributed by atoms with E-state index in [2.05, 4.69) is 40.3 Å². The quantitative estimate of drug-likeness (QED) is 0.425. The van der Waals surface area contributed by atoms with Crippen molar-refractivity contribution >= 4 is 22.4 Å². The monoisotopic (exact) mass is 340 g/mol. The van der Waals surface area contributed by atoms with Gasteiger partial charge in [0, 0.05) is 7.05 Å². The van der Waals surface area contributed by atoms with Gasteiger partial charge in [-0.25, -0.2) is 4.98 Å². The zero-order valence-electron chi connectivity index (χ0n) is 14.6. The summed E-state index contributed by atoms with van der Waals surface area (Å²) >= 11 is 0. The van der Waals surface area contributed by atoms with Crippen molar-refractivity contribution in [3.63, 3.8) is 0 Å². The van der Waals surface area contributed by atoms with E-state index >= 15 is 0 Å². The molecule has 0 saturated heterocycles. The zero-order valence-corrected chi connectivity index (χ0v) is 14.6. The average molecular weight is 340 g/mol. The summed E-state index contributed by atoms with van der Waals surface area (Å²) in [6.45, 7) is 0. The van der Waals surface area contributed by atoms with E-state index in [1.54, 1.807) is 0 Å². The maximum Gasteiger partial charge on any atom is 0.115 e. The van der Waals surface area contributed by atoms with Gasteiger partial charge in [-0.3, -0.25) is 5.43 Å². The van der Waals surface area contributed by atoms with E-state index in [1.807, 2.05) is 66.7 Å². The van der Waals surface area contributed by atoms with Crippen molar-refractivity contribution in [2.45, 2.75) is 6.42 Å². The molecule has 0 aliphatic rings. The molecule has 4 aromatic rings. The number of benzene rings is 3. The molecule has 0 radical (unpaired) electrons. The van der Waals surface area contributed by atoms with Crippen LogP contribution in [0.25, 0.3) is 11.0 Å². The lowest BCUT2D eigenvalue weighted by Gasteiger charge is -2.09. The second kappa shape index (κ2) is 7.23. The Balaban J connectivity index is 1.69. The summed E-state index contributed by atoms with van der Waals surface area (Å²) in [5.74, 6) is 0.990. The predicted octanol–water partition coefficient (Wildman–Crippen LogP) is 4.63. The lowest BCUT2D eigenvalue weighted by atomic mass is 10.1. The summed E-state index contributed by atoms with van der Waals surface area (Å²) in [4.78, 5) is 4.79. The maximum atomic E-state index is 4.79. The van der Waals surface area contributed by atoms with Crippen molar-refractivity contribution in [2.75, 3.05) is 5.43 Å². The summed E-state index contributed by atoms with van der Waals surface area (Å²) in [5.41, 5.74) is 8.31. The smallest absolute Gasteiger partial charge is 0.115 e. The molecule has 128 valence electrons. The van der Waals surface area contributed by atoms with Crippen molar-refractivity contribution in [3.8, 4) is 0 Å². The van der Waals surface area contributed by atoms with E-state index in [-0.39, 0.29) is 0 Å². The minimum absolute atomic E-state index is 0.648. The highest BCUT2D eigenvalue weighted by Gasteiger charge is 2.12. The molecule has 0 spiro atoms. The number of imidazole rings is 1. The first-order chi connectivity index (χ1) is 12.8. The van der Waals surface area contributed by atoms with Crippen LogP contribution in [0.2, 0.25) is 0 Å². The van der Waals surface area contributed by atoms with Crippen LogP contribution >= 0.6 is 0 Å². The molecule has 4 heteroatoms. The van der Waals surface area contributed by atoms with Crippen LogP contribution in [0.5, 0.6) is 0 Å². The van der Waals surface area contributed by atoms with Gasteiger partial charge >= 0.3 is 0 Å². The highest BCUT2D eigenvalue weighted by Crippen LogP contribution is 2.17. The van der Waals surface area contributed by atoms with Crippen LogP contribution in [0.1, 0.15) is 11.4 Å². The minimum Gasteiger partial charge on any atom is -0.331 e. The average Bonchev–Trinajstić information content (AvgIpc) is 3.02. The molecule has 3 aromatic carbocycles. The summed E-state index contributed by atoms with van der Waals surface area (Å²) in [6, 6.07) is 28.4. The molecule has 0 amide bonds. The molecule has 0 atom stereocenters. The van der Waals surface area contributed by atoms with Gasteiger partial charge in [-0.05, 0) is 29.8 Å². The van der Waals surface area contributed by atoms with Crippen LogP contribution in [0, 0.1) is 0 Å². The number of hydrogen-bond acceptors (Lipinski definition) is 3. The Bertz CT molecular complexity index is 1030. The number of anilines is 1. The molecule has 0 bridgehead atoms. The number of nitrogens with zero attached hydrogens (tertiary/aromatic N) is 3. The first-order valence-corrected chi connectivity index (χ1v) is 8.64. The Morgan fingerprint density at radius 3 is 2.27 bits per heavy atom. The fourth-order valence-electron chi connectivity index (χ4n) is 2.98. The van der Waals surface area contributed by atoms with E-state index in [9.17, 15) is 0 Å². The zero-order chi connectivity index (χ0) is 17.8. The van der Waals surface area contributed by atoms with Gasteiger partial charge in [-0.1, -0.05) is 60.7 Å². The molecule has 1 aromatic heterocycles. The Kier molecular flexibility index (Phi) is 4.48. The third kappa shape index (κ3) is 3.35. The fourth-order valence-corrected chi connectivity index (χ4v) is 2.98. The predicted molar refractivity (Wildman–Crippen MR) is 107 cm³/mol. The van der Waals surface area contributed by atoms with Gasteiger partial charge in [0.15, 0.2) is 0 Å². The number of nitrogens with one attached hydrogen (secondary N) is 1. The Labute approximate surface area is 152 Å². The largest absolute Gasteiger partial charge is 0.331 e. The highest BCUT2D eigenvalue weighted by atomic mass is 15.3. The van der Waals surface area contributed by atoms with Crippen molar-refractivity contribution in [1.29, 1.82) is 0 Å². The molecular formula is C22H20N4. The number of fused-ring (bicyclic) bond motifs is 1. The lowest BCUT2D eigenvalue weighted by molar-refractivity contribution is 0.863. The standard InChI is InChI=1S/C22H20N4/c1-26-21-15-9-8-14-19(21)23-22(26)16-20(17-10-4-2-5-11-17)25-24-18-12-6-3-7-13-18/h2-15,24H,16H2,1H3/b25-20+. The third-order valence-electron chi connectivity index (χ3n) is 4.41. The molecule has 1 N–H and O–H groups in total. The number of aromatic nitrogens is 2. The molecule has 1 heterocycles. The minimum atomic E-state index is 0.648. The number of hydrogen-bond donors (Lipinski definition) is 1. The van der Waals surface area contributed by atoms with Crippen LogP contribution in [0.3, 0.4) is 0 Å². The van der Waals surface area contributed by atoms with Crippen molar-refractivity contribution < 1.29 is 0 Å². The lowest BCUT2D eigenvalue weighted by Crippen LogP contribution is -2.11. The molecule has 0 unspecified atom stereocenters. The van der Waals surface area contributed by atoms with Gasteiger partial charge in [0.2, 0.25) is 0 Å². The van der Waals surface area contributed by atoms with Crippen molar-refractivity contribution in [3.05, 3.63) is 96.3 Å². The van der Waals surface area contributed by atoms with Gasteiger partial charge < -0.3 is 4.57 Å².